The van der Waals surface area contributed by atoms with E-state index >= 15 is 0 Å². The number of aliphatic hydroxyl groups excluding tert-OH is 1. The molecule has 0 amide bonds. The maximum atomic E-state index is 14.1. The van der Waals surface area contributed by atoms with Crippen molar-refractivity contribution in [3.05, 3.63) is 71.1 Å². The number of aliphatic hydroxyl groups is 1. The van der Waals surface area contributed by atoms with Crippen LogP contribution >= 0.6 is 0 Å². The molecule has 0 fully saturated rings. The SMILES string of the molecule is Cc1ccc(F)c(C(O)c2cnc3ccccc3n2)c1F. The van der Waals surface area contributed by atoms with Gasteiger partial charge in [-0.25, -0.2) is 13.8 Å². The van der Waals surface area contributed by atoms with Gasteiger partial charge in [0.1, 0.15) is 17.7 Å². The molecule has 1 N–H and O–H groups in total. The summed E-state index contributed by atoms with van der Waals surface area (Å²) in [7, 11) is 0. The minimum atomic E-state index is -1.50. The van der Waals surface area contributed by atoms with Crippen molar-refractivity contribution in [2.45, 2.75) is 13.0 Å². The number of hydrogen-bond acceptors (Lipinski definition) is 3. The van der Waals surface area contributed by atoms with Crippen LogP contribution in [-0.4, -0.2) is 15.1 Å². The smallest absolute Gasteiger partial charge is 0.135 e. The van der Waals surface area contributed by atoms with Gasteiger partial charge in [-0.3, -0.25) is 4.98 Å². The van der Waals surface area contributed by atoms with E-state index in [-0.39, 0.29) is 11.3 Å². The van der Waals surface area contributed by atoms with E-state index in [4.69, 9.17) is 0 Å². The monoisotopic (exact) mass is 286 g/mol. The minimum absolute atomic E-state index is 0.108. The molecule has 3 rings (SSSR count). The first-order valence-electron chi connectivity index (χ1n) is 6.42. The third-order valence-electron chi connectivity index (χ3n) is 3.34. The molecule has 106 valence electrons. The minimum Gasteiger partial charge on any atom is -0.382 e. The number of benzene rings is 2. The van der Waals surface area contributed by atoms with Crippen LogP contribution in [0.1, 0.15) is 22.9 Å². The molecule has 1 unspecified atom stereocenters. The van der Waals surface area contributed by atoms with Gasteiger partial charge in [-0.05, 0) is 30.7 Å². The molecule has 3 aromatic rings. The Labute approximate surface area is 119 Å². The van der Waals surface area contributed by atoms with Crippen LogP contribution in [0.3, 0.4) is 0 Å². The molecule has 0 aliphatic heterocycles. The summed E-state index contributed by atoms with van der Waals surface area (Å²) < 4.78 is 27.9. The number of halogens is 2. The molecule has 0 bridgehead atoms. The van der Waals surface area contributed by atoms with E-state index in [0.29, 0.717) is 11.0 Å². The van der Waals surface area contributed by atoms with Crippen LogP contribution in [0.5, 0.6) is 0 Å². The van der Waals surface area contributed by atoms with Crippen LogP contribution in [0, 0.1) is 18.6 Å². The van der Waals surface area contributed by atoms with E-state index in [0.717, 1.165) is 6.07 Å². The fraction of sp³-hybridized carbons (Fsp3) is 0.125. The maximum absolute atomic E-state index is 14.1. The highest BCUT2D eigenvalue weighted by molar-refractivity contribution is 5.73. The summed E-state index contributed by atoms with van der Waals surface area (Å²) in [5.74, 6) is -1.57. The Morgan fingerprint density at radius 3 is 2.52 bits per heavy atom. The lowest BCUT2D eigenvalue weighted by Gasteiger charge is -2.14. The highest BCUT2D eigenvalue weighted by Gasteiger charge is 2.22. The molecule has 5 heteroatoms. The second kappa shape index (κ2) is 5.18. The first-order chi connectivity index (χ1) is 10.1. The maximum Gasteiger partial charge on any atom is 0.135 e. The van der Waals surface area contributed by atoms with Crippen LogP contribution < -0.4 is 0 Å². The molecule has 3 nitrogen and oxygen atoms in total. The third kappa shape index (κ3) is 2.36. The van der Waals surface area contributed by atoms with Crippen LogP contribution in [0.4, 0.5) is 8.78 Å². The first kappa shape index (κ1) is 13.6. The van der Waals surface area contributed by atoms with Gasteiger partial charge in [-0.2, -0.15) is 0 Å². The second-order valence-corrected chi connectivity index (χ2v) is 4.78. The van der Waals surface area contributed by atoms with Crippen LogP contribution in [0.15, 0.2) is 42.6 Å². The lowest BCUT2D eigenvalue weighted by Crippen LogP contribution is -2.09. The van der Waals surface area contributed by atoms with Crippen molar-refractivity contribution in [1.82, 2.24) is 9.97 Å². The topological polar surface area (TPSA) is 46.0 Å². The Bertz CT molecular complexity index is 820. The number of nitrogens with zero attached hydrogens (tertiary/aromatic N) is 2. The molecule has 1 heterocycles. The predicted octanol–water partition coefficient (Wildman–Crippen LogP) is 3.30. The standard InChI is InChI=1S/C16H12F2N2O/c1-9-6-7-10(17)14(15(9)18)16(21)13-8-19-11-4-2-3-5-12(11)20-13/h2-8,16,21H,1H3. The van der Waals surface area contributed by atoms with Crippen LogP contribution in [0.25, 0.3) is 11.0 Å². The van der Waals surface area contributed by atoms with E-state index in [2.05, 4.69) is 9.97 Å². The Kier molecular flexibility index (Phi) is 3.35. The fourth-order valence-corrected chi connectivity index (χ4v) is 2.18. The fourth-order valence-electron chi connectivity index (χ4n) is 2.18. The lowest BCUT2D eigenvalue weighted by molar-refractivity contribution is 0.204. The van der Waals surface area contributed by atoms with Gasteiger partial charge >= 0.3 is 0 Å². The Hall–Kier alpha value is -2.40. The van der Waals surface area contributed by atoms with Gasteiger partial charge in [0, 0.05) is 0 Å². The van der Waals surface area contributed by atoms with Crippen molar-refractivity contribution >= 4 is 11.0 Å². The number of rotatable bonds is 2. The number of fused-ring (bicyclic) bond motifs is 1. The molecule has 1 aromatic heterocycles. The zero-order valence-corrected chi connectivity index (χ0v) is 11.2. The van der Waals surface area contributed by atoms with Crippen molar-refractivity contribution < 1.29 is 13.9 Å². The largest absolute Gasteiger partial charge is 0.382 e. The Morgan fingerprint density at radius 2 is 1.76 bits per heavy atom. The van der Waals surface area contributed by atoms with Crippen molar-refractivity contribution in [2.24, 2.45) is 0 Å². The molecule has 21 heavy (non-hydrogen) atoms. The molecular weight excluding hydrogens is 274 g/mol. The van der Waals surface area contributed by atoms with Gasteiger partial charge < -0.3 is 5.11 Å². The van der Waals surface area contributed by atoms with E-state index in [9.17, 15) is 13.9 Å². The third-order valence-corrected chi connectivity index (χ3v) is 3.34. The van der Waals surface area contributed by atoms with Crippen LogP contribution in [-0.2, 0) is 0 Å². The van der Waals surface area contributed by atoms with Crippen molar-refractivity contribution in [3.63, 3.8) is 0 Å². The molecule has 0 saturated heterocycles. The molecule has 0 radical (unpaired) electrons. The van der Waals surface area contributed by atoms with Gasteiger partial charge in [0.15, 0.2) is 0 Å². The molecule has 2 aromatic carbocycles. The van der Waals surface area contributed by atoms with Crippen molar-refractivity contribution in [3.8, 4) is 0 Å². The molecule has 1 atom stereocenters. The van der Waals surface area contributed by atoms with Gasteiger partial charge in [-0.1, -0.05) is 18.2 Å². The summed E-state index contributed by atoms with van der Waals surface area (Å²) in [4.78, 5) is 8.36. The van der Waals surface area contributed by atoms with E-state index in [1.165, 1.54) is 19.2 Å². The molecular formula is C16H12F2N2O. The zero-order chi connectivity index (χ0) is 15.0. The van der Waals surface area contributed by atoms with E-state index in [1.54, 1.807) is 18.2 Å². The second-order valence-electron chi connectivity index (χ2n) is 4.78. The quantitative estimate of drug-likeness (QED) is 0.786. The van der Waals surface area contributed by atoms with E-state index < -0.39 is 23.3 Å². The number of aryl methyl sites for hydroxylation is 1. The van der Waals surface area contributed by atoms with Gasteiger partial charge in [0.25, 0.3) is 0 Å². The summed E-state index contributed by atoms with van der Waals surface area (Å²) in [6.45, 7) is 1.51. The van der Waals surface area contributed by atoms with E-state index in [1.807, 2.05) is 6.07 Å². The lowest BCUT2D eigenvalue weighted by atomic mass is 10.0. The van der Waals surface area contributed by atoms with Crippen molar-refractivity contribution in [2.75, 3.05) is 0 Å². The highest BCUT2D eigenvalue weighted by atomic mass is 19.1. The summed E-state index contributed by atoms with van der Waals surface area (Å²) in [6, 6.07) is 9.54. The van der Waals surface area contributed by atoms with Crippen LogP contribution in [0.2, 0.25) is 0 Å². The van der Waals surface area contributed by atoms with Crippen molar-refractivity contribution in [1.29, 1.82) is 0 Å². The molecule has 0 aliphatic carbocycles. The predicted molar refractivity (Wildman–Crippen MR) is 74.7 cm³/mol. The number of para-hydroxylation sites is 2. The zero-order valence-electron chi connectivity index (χ0n) is 11.2. The molecule has 0 spiro atoms. The average molecular weight is 286 g/mol. The summed E-state index contributed by atoms with van der Waals surface area (Å²) in [5, 5.41) is 10.3. The Morgan fingerprint density at radius 1 is 1.05 bits per heavy atom. The number of aromatic nitrogens is 2. The highest BCUT2D eigenvalue weighted by Crippen LogP contribution is 2.27. The molecule has 0 aliphatic rings. The van der Waals surface area contributed by atoms with Gasteiger partial charge in [-0.15, -0.1) is 0 Å². The summed E-state index contributed by atoms with van der Waals surface area (Å²) in [5.41, 5.74) is 1.18. The number of hydrogen-bond donors (Lipinski definition) is 1. The average Bonchev–Trinajstić information content (AvgIpc) is 2.51. The normalized spacial score (nSPS) is 12.6. The molecule has 0 saturated carbocycles. The summed E-state index contributed by atoms with van der Waals surface area (Å²) >= 11 is 0. The van der Waals surface area contributed by atoms with Gasteiger partial charge in [0.05, 0.1) is 28.5 Å². The van der Waals surface area contributed by atoms with Gasteiger partial charge in [0.2, 0.25) is 0 Å². The summed E-state index contributed by atoms with van der Waals surface area (Å²) in [6.07, 6.45) is -0.171. The first-order valence-corrected chi connectivity index (χ1v) is 6.42. The Balaban J connectivity index is 2.12.